The van der Waals surface area contributed by atoms with Crippen molar-refractivity contribution in [1.82, 2.24) is 4.90 Å². The van der Waals surface area contributed by atoms with Crippen LogP contribution in [-0.2, 0) is 4.79 Å². The summed E-state index contributed by atoms with van der Waals surface area (Å²) in [5.41, 5.74) is 0. The van der Waals surface area contributed by atoms with E-state index in [1.807, 2.05) is 0 Å². The zero-order chi connectivity index (χ0) is 6.73. The van der Waals surface area contributed by atoms with E-state index >= 15 is 0 Å². The van der Waals surface area contributed by atoms with Crippen LogP contribution in [0, 0.1) is 0 Å². The fourth-order valence-corrected chi connectivity index (χ4v) is 0.221. The topological polar surface area (TPSA) is 40.5 Å². The summed E-state index contributed by atoms with van der Waals surface area (Å²) < 4.78 is 0. The van der Waals surface area contributed by atoms with Crippen LogP contribution in [0.2, 0.25) is 0 Å². The summed E-state index contributed by atoms with van der Waals surface area (Å²) in [6.45, 7) is 1.64. The van der Waals surface area contributed by atoms with Crippen molar-refractivity contribution in [1.29, 1.82) is 0 Å². The third kappa shape index (κ3) is 4.29. The first-order valence-electron chi connectivity index (χ1n) is 2.45. The minimum Gasteiger partial charge on any atom is -0.480 e. The van der Waals surface area contributed by atoms with Gasteiger partial charge in [-0.25, -0.2) is 0 Å². The summed E-state index contributed by atoms with van der Waals surface area (Å²) in [5.74, 6) is -0.782. The van der Waals surface area contributed by atoms with Crippen molar-refractivity contribution in [3.8, 4) is 0 Å². The number of carbonyl (C=O) groups is 1. The molecule has 0 aromatic carbocycles. The molecule has 0 heterocycles. The Kier molecular flexibility index (Phi) is 5.96. The van der Waals surface area contributed by atoms with Gasteiger partial charge in [-0.1, -0.05) is 0 Å². The Balaban J connectivity index is 0. The summed E-state index contributed by atoms with van der Waals surface area (Å²) in [4.78, 5) is 11.7. The van der Waals surface area contributed by atoms with E-state index in [-0.39, 0.29) is 19.5 Å². The molecular weight excluding hydrogens is 138 g/mol. The number of rotatable bonds is 2. The zero-order valence-corrected chi connectivity index (χ0v) is 6.88. The molecule has 0 radical (unpaired) electrons. The van der Waals surface area contributed by atoms with Crippen molar-refractivity contribution >= 4 is 19.5 Å². The van der Waals surface area contributed by atoms with Gasteiger partial charge in [0, 0.05) is 0 Å². The predicted octanol–water partition coefficient (Wildman–Crippen LogP) is 0.134. The number of nitrogens with zero attached hydrogens (tertiary/aromatic N) is 1. The summed E-state index contributed by atoms with van der Waals surface area (Å²) >= 11 is 0. The van der Waals surface area contributed by atoms with Gasteiger partial charge in [-0.3, -0.25) is 9.69 Å². The molecule has 0 aliphatic carbocycles. The summed E-state index contributed by atoms with van der Waals surface area (Å²) in [6, 6.07) is -0.380. The predicted molar refractivity (Wildman–Crippen MR) is 41.2 cm³/mol. The van der Waals surface area contributed by atoms with Crippen molar-refractivity contribution in [2.75, 3.05) is 14.1 Å². The molecule has 4 heteroatoms. The van der Waals surface area contributed by atoms with Crippen LogP contribution in [0.25, 0.3) is 0 Å². The fourth-order valence-electron chi connectivity index (χ4n) is 0.221. The van der Waals surface area contributed by atoms with Crippen LogP contribution in [0.1, 0.15) is 6.92 Å². The molecule has 0 spiro atoms. The molecule has 0 bridgehead atoms. The first-order valence-corrected chi connectivity index (χ1v) is 2.45. The van der Waals surface area contributed by atoms with Crippen molar-refractivity contribution in [2.45, 2.75) is 13.0 Å². The monoisotopic (exact) mass is 151 g/mol. The largest absolute Gasteiger partial charge is 0.480 e. The van der Waals surface area contributed by atoms with E-state index in [0.29, 0.717) is 0 Å². The Bertz CT molecular complexity index is 95.0. The van der Waals surface area contributed by atoms with Gasteiger partial charge >= 0.3 is 5.97 Å². The first kappa shape index (κ1) is 11.6. The third-order valence-electron chi connectivity index (χ3n) is 1.13. The molecule has 3 nitrogen and oxygen atoms in total. The maximum Gasteiger partial charge on any atom is 0.320 e. The highest BCUT2D eigenvalue weighted by Gasteiger charge is 2.11. The summed E-state index contributed by atoms with van der Waals surface area (Å²) in [6.07, 6.45) is 0. The van der Waals surface area contributed by atoms with Crippen molar-refractivity contribution in [2.24, 2.45) is 0 Å². The number of carboxylic acids is 1. The van der Waals surface area contributed by atoms with Gasteiger partial charge in [0.05, 0.1) is 0 Å². The molecule has 1 unspecified atom stereocenters. The van der Waals surface area contributed by atoms with Gasteiger partial charge in [-0.15, -0.1) is 0 Å². The standard InChI is InChI=1S/C5H11NO2.H2S/c1-4(5(7)8)6(2)3;/h4H,1-3H3,(H,7,8);1H2. The number of hydrogen-bond donors (Lipinski definition) is 1. The molecule has 0 amide bonds. The molecule has 0 aromatic heterocycles. The van der Waals surface area contributed by atoms with E-state index in [2.05, 4.69) is 0 Å². The van der Waals surface area contributed by atoms with Crippen molar-refractivity contribution in [3.05, 3.63) is 0 Å². The van der Waals surface area contributed by atoms with Crippen LogP contribution in [0.15, 0.2) is 0 Å². The quantitative estimate of drug-likeness (QED) is 0.610. The Labute approximate surface area is 62.1 Å². The fraction of sp³-hybridized carbons (Fsp3) is 0.800. The lowest BCUT2D eigenvalue weighted by molar-refractivity contribution is -0.141. The first-order chi connectivity index (χ1) is 3.55. The van der Waals surface area contributed by atoms with Gasteiger partial charge < -0.3 is 5.11 Å². The highest BCUT2D eigenvalue weighted by molar-refractivity contribution is 7.59. The molecule has 9 heavy (non-hydrogen) atoms. The van der Waals surface area contributed by atoms with Crippen LogP contribution in [-0.4, -0.2) is 36.1 Å². The second-order valence-corrected chi connectivity index (χ2v) is 1.98. The molecule has 1 atom stereocenters. The Morgan fingerprint density at radius 1 is 1.56 bits per heavy atom. The molecule has 0 saturated heterocycles. The SMILES string of the molecule is CC(C(=O)O)N(C)C.S. The average molecular weight is 151 g/mol. The van der Waals surface area contributed by atoms with Crippen LogP contribution >= 0.6 is 13.5 Å². The molecule has 1 N–H and O–H groups in total. The number of carboxylic acid groups (broad SMARTS) is 1. The highest BCUT2D eigenvalue weighted by Crippen LogP contribution is 1.88. The second-order valence-electron chi connectivity index (χ2n) is 1.98. The molecule has 0 aromatic rings. The van der Waals surface area contributed by atoms with Gasteiger partial charge in [0.25, 0.3) is 0 Å². The Morgan fingerprint density at radius 2 is 1.89 bits per heavy atom. The molecule has 0 aliphatic heterocycles. The van der Waals surface area contributed by atoms with Gasteiger partial charge in [-0.2, -0.15) is 13.5 Å². The lowest BCUT2D eigenvalue weighted by Gasteiger charge is -2.13. The minimum atomic E-state index is -0.782. The maximum atomic E-state index is 10.1. The maximum absolute atomic E-state index is 10.1. The lowest BCUT2D eigenvalue weighted by atomic mass is 10.3. The molecule has 0 fully saturated rings. The van der Waals surface area contributed by atoms with Gasteiger partial charge in [-0.05, 0) is 21.0 Å². The number of aliphatic carboxylic acids is 1. The van der Waals surface area contributed by atoms with Crippen molar-refractivity contribution < 1.29 is 9.90 Å². The smallest absolute Gasteiger partial charge is 0.320 e. The van der Waals surface area contributed by atoms with Crippen LogP contribution in [0.3, 0.4) is 0 Å². The van der Waals surface area contributed by atoms with E-state index in [0.717, 1.165) is 0 Å². The average Bonchev–Trinajstić information content (AvgIpc) is 1.64. The van der Waals surface area contributed by atoms with E-state index in [1.54, 1.807) is 25.9 Å². The van der Waals surface area contributed by atoms with Gasteiger partial charge in [0.1, 0.15) is 6.04 Å². The van der Waals surface area contributed by atoms with E-state index < -0.39 is 5.97 Å². The Morgan fingerprint density at radius 3 is 1.89 bits per heavy atom. The highest BCUT2D eigenvalue weighted by atomic mass is 32.1. The van der Waals surface area contributed by atoms with Crippen LogP contribution in [0.4, 0.5) is 0 Å². The molecule has 0 rings (SSSR count). The van der Waals surface area contributed by atoms with Gasteiger partial charge in [0.2, 0.25) is 0 Å². The van der Waals surface area contributed by atoms with E-state index in [1.165, 1.54) is 0 Å². The van der Waals surface area contributed by atoms with Crippen LogP contribution < -0.4 is 0 Å². The third-order valence-corrected chi connectivity index (χ3v) is 1.13. The van der Waals surface area contributed by atoms with Gasteiger partial charge in [0.15, 0.2) is 0 Å². The zero-order valence-electron chi connectivity index (χ0n) is 5.88. The summed E-state index contributed by atoms with van der Waals surface area (Å²) in [7, 11) is 3.47. The minimum absolute atomic E-state index is 0. The molecule has 56 valence electrons. The summed E-state index contributed by atoms with van der Waals surface area (Å²) in [5, 5.41) is 8.31. The Hall–Kier alpha value is -0.220. The van der Waals surface area contributed by atoms with E-state index in [4.69, 9.17) is 5.11 Å². The van der Waals surface area contributed by atoms with Crippen molar-refractivity contribution in [3.63, 3.8) is 0 Å². The molecule has 0 aliphatic rings. The number of likely N-dealkylation sites (N-methyl/N-ethyl adjacent to an activating group) is 1. The van der Waals surface area contributed by atoms with E-state index in [9.17, 15) is 4.79 Å². The number of hydrogen-bond acceptors (Lipinski definition) is 2. The molecule has 0 saturated carbocycles. The lowest BCUT2D eigenvalue weighted by Crippen LogP contribution is -2.32. The molecular formula is C5H13NO2S. The second kappa shape index (κ2) is 4.64. The normalized spacial score (nSPS) is 12.4. The van der Waals surface area contributed by atoms with Crippen LogP contribution in [0.5, 0.6) is 0 Å².